The Hall–Kier alpha value is -2.02. The van der Waals surface area contributed by atoms with Gasteiger partial charge in [-0.2, -0.15) is 0 Å². The summed E-state index contributed by atoms with van der Waals surface area (Å²) in [7, 11) is 0. The number of hydrogen-bond acceptors (Lipinski definition) is 3. The van der Waals surface area contributed by atoms with Crippen LogP contribution in [0.1, 0.15) is 25.0 Å². The number of unbranched alkanes of at least 4 members (excludes halogenated alkanes) is 2. The number of carbonyl (C=O) groups excluding carboxylic acids is 1. The molecule has 17 heavy (non-hydrogen) atoms. The third-order valence-corrected chi connectivity index (χ3v) is 2.26. The van der Waals surface area contributed by atoms with Gasteiger partial charge in [0.25, 0.3) is 0 Å². The molecule has 1 rings (SSSR count). The first-order chi connectivity index (χ1) is 8.22. The Bertz CT molecular complexity index is 392. The van der Waals surface area contributed by atoms with E-state index in [4.69, 9.17) is 12.2 Å². The molecule has 0 saturated heterocycles. The molecule has 4 heteroatoms. The van der Waals surface area contributed by atoms with Crippen molar-refractivity contribution in [2.75, 3.05) is 12.3 Å². The Balaban J connectivity index is 2.21. The maximum atomic E-state index is 11.5. The van der Waals surface area contributed by atoms with Gasteiger partial charge in [-0.3, -0.25) is 9.78 Å². The maximum Gasteiger partial charge on any atom is 0.226 e. The molecule has 3 N–H and O–H groups in total. The molecule has 0 bridgehead atoms. The van der Waals surface area contributed by atoms with E-state index in [1.54, 1.807) is 18.3 Å². The highest BCUT2D eigenvalue weighted by molar-refractivity contribution is 5.78. The number of terminal acetylenes is 1. The van der Waals surface area contributed by atoms with Crippen molar-refractivity contribution in [3.8, 4) is 12.3 Å². The van der Waals surface area contributed by atoms with Crippen LogP contribution in [0, 0.1) is 12.3 Å². The highest BCUT2D eigenvalue weighted by Gasteiger charge is 2.03. The van der Waals surface area contributed by atoms with Crippen LogP contribution >= 0.6 is 0 Å². The van der Waals surface area contributed by atoms with Crippen molar-refractivity contribution in [2.24, 2.45) is 0 Å². The highest BCUT2D eigenvalue weighted by atomic mass is 16.1. The zero-order valence-electron chi connectivity index (χ0n) is 9.78. The molecule has 0 fully saturated rings. The van der Waals surface area contributed by atoms with Gasteiger partial charge < -0.3 is 11.1 Å². The minimum absolute atomic E-state index is 0.0250. The van der Waals surface area contributed by atoms with Gasteiger partial charge >= 0.3 is 0 Å². The fourth-order valence-electron chi connectivity index (χ4n) is 1.35. The van der Waals surface area contributed by atoms with Crippen molar-refractivity contribution < 1.29 is 4.79 Å². The lowest BCUT2D eigenvalue weighted by atomic mass is 10.2. The summed E-state index contributed by atoms with van der Waals surface area (Å²) in [6, 6.07) is 3.50. The number of amides is 1. The second kappa shape index (κ2) is 7.29. The Kier molecular flexibility index (Phi) is 5.59. The summed E-state index contributed by atoms with van der Waals surface area (Å²) in [4.78, 5) is 15.6. The third-order valence-electron chi connectivity index (χ3n) is 2.26. The molecule has 0 unspecified atom stereocenters. The van der Waals surface area contributed by atoms with E-state index in [2.05, 4.69) is 16.2 Å². The molecular formula is C13H17N3O. The minimum Gasteiger partial charge on any atom is -0.397 e. The van der Waals surface area contributed by atoms with Crippen LogP contribution in [0.5, 0.6) is 0 Å². The smallest absolute Gasteiger partial charge is 0.226 e. The summed E-state index contributed by atoms with van der Waals surface area (Å²) in [6.45, 7) is 0.662. The first kappa shape index (κ1) is 13.0. The molecule has 0 saturated carbocycles. The van der Waals surface area contributed by atoms with E-state index in [0.717, 1.165) is 25.0 Å². The molecule has 1 heterocycles. The van der Waals surface area contributed by atoms with Crippen LogP contribution < -0.4 is 11.1 Å². The maximum absolute atomic E-state index is 11.5. The van der Waals surface area contributed by atoms with Gasteiger partial charge in [-0.25, -0.2) is 0 Å². The van der Waals surface area contributed by atoms with Gasteiger partial charge in [0.05, 0.1) is 18.3 Å². The Morgan fingerprint density at radius 1 is 1.47 bits per heavy atom. The Labute approximate surface area is 102 Å². The lowest BCUT2D eigenvalue weighted by Crippen LogP contribution is -2.26. The van der Waals surface area contributed by atoms with Crippen LogP contribution in [0.25, 0.3) is 0 Å². The van der Waals surface area contributed by atoms with Gasteiger partial charge in [0, 0.05) is 18.7 Å². The molecule has 0 aliphatic heterocycles. The van der Waals surface area contributed by atoms with Gasteiger partial charge in [-0.05, 0) is 25.0 Å². The number of nitrogens with one attached hydrogen (secondary N) is 1. The van der Waals surface area contributed by atoms with Crippen molar-refractivity contribution in [3.05, 3.63) is 24.0 Å². The molecule has 1 aromatic rings. The van der Waals surface area contributed by atoms with E-state index in [1.807, 2.05) is 0 Å². The molecule has 0 aliphatic carbocycles. The fourth-order valence-corrected chi connectivity index (χ4v) is 1.35. The van der Waals surface area contributed by atoms with Crippen LogP contribution in [-0.2, 0) is 11.2 Å². The second-order valence-corrected chi connectivity index (χ2v) is 3.77. The van der Waals surface area contributed by atoms with Crippen LogP contribution in [-0.4, -0.2) is 17.4 Å². The lowest BCUT2D eigenvalue weighted by molar-refractivity contribution is -0.120. The molecule has 0 atom stereocenters. The van der Waals surface area contributed by atoms with Gasteiger partial charge in [-0.15, -0.1) is 12.3 Å². The SMILES string of the molecule is C#CCCCCNC(=O)Cc1ccc(N)cn1. The first-order valence-corrected chi connectivity index (χ1v) is 5.63. The average Bonchev–Trinajstić information content (AvgIpc) is 2.32. The van der Waals surface area contributed by atoms with E-state index < -0.39 is 0 Å². The van der Waals surface area contributed by atoms with Crippen LogP contribution in [0.3, 0.4) is 0 Å². The Morgan fingerprint density at radius 3 is 2.94 bits per heavy atom. The number of nitrogens with zero attached hydrogens (tertiary/aromatic N) is 1. The summed E-state index contributed by atoms with van der Waals surface area (Å²) in [5.41, 5.74) is 6.83. The standard InChI is InChI=1S/C13H17N3O/c1-2-3-4-5-8-15-13(17)9-12-7-6-11(14)10-16-12/h1,6-7,10H,3-5,8-9,14H2,(H,15,17). The van der Waals surface area contributed by atoms with E-state index in [9.17, 15) is 4.79 Å². The molecule has 90 valence electrons. The molecule has 4 nitrogen and oxygen atoms in total. The van der Waals surface area contributed by atoms with E-state index in [-0.39, 0.29) is 12.3 Å². The Morgan fingerprint density at radius 2 is 2.29 bits per heavy atom. The number of nitrogens with two attached hydrogens (primary N) is 1. The highest BCUT2D eigenvalue weighted by Crippen LogP contribution is 2.01. The molecular weight excluding hydrogens is 214 g/mol. The van der Waals surface area contributed by atoms with Crippen molar-refractivity contribution in [1.29, 1.82) is 0 Å². The quantitative estimate of drug-likeness (QED) is 0.569. The summed E-state index contributed by atoms with van der Waals surface area (Å²) < 4.78 is 0. The average molecular weight is 231 g/mol. The van der Waals surface area contributed by atoms with Crippen molar-refractivity contribution >= 4 is 11.6 Å². The molecule has 0 radical (unpaired) electrons. The minimum atomic E-state index is -0.0250. The summed E-state index contributed by atoms with van der Waals surface area (Å²) >= 11 is 0. The molecule has 1 amide bonds. The number of hydrogen-bond donors (Lipinski definition) is 2. The monoisotopic (exact) mass is 231 g/mol. The van der Waals surface area contributed by atoms with Gasteiger partial charge in [0.1, 0.15) is 0 Å². The van der Waals surface area contributed by atoms with E-state index >= 15 is 0 Å². The van der Waals surface area contributed by atoms with Crippen LogP contribution in [0.2, 0.25) is 0 Å². The molecule has 0 aromatic carbocycles. The molecule has 0 aliphatic rings. The summed E-state index contributed by atoms with van der Waals surface area (Å²) in [5, 5.41) is 2.83. The topological polar surface area (TPSA) is 68.0 Å². The fraction of sp³-hybridized carbons (Fsp3) is 0.385. The van der Waals surface area contributed by atoms with Crippen LogP contribution in [0.4, 0.5) is 5.69 Å². The number of nitrogen functional groups attached to an aromatic ring is 1. The number of carbonyl (C=O) groups is 1. The molecule has 1 aromatic heterocycles. The molecule has 0 spiro atoms. The van der Waals surface area contributed by atoms with E-state index in [0.29, 0.717) is 12.2 Å². The number of anilines is 1. The van der Waals surface area contributed by atoms with Crippen molar-refractivity contribution in [2.45, 2.75) is 25.7 Å². The third kappa shape index (κ3) is 5.57. The first-order valence-electron chi connectivity index (χ1n) is 5.63. The van der Waals surface area contributed by atoms with Gasteiger partial charge in [-0.1, -0.05) is 0 Å². The lowest BCUT2D eigenvalue weighted by Gasteiger charge is -2.04. The number of rotatable bonds is 6. The number of pyridine rings is 1. The number of aromatic nitrogens is 1. The zero-order chi connectivity index (χ0) is 12.5. The van der Waals surface area contributed by atoms with E-state index in [1.165, 1.54) is 0 Å². The predicted molar refractivity (Wildman–Crippen MR) is 68.0 cm³/mol. The largest absolute Gasteiger partial charge is 0.397 e. The van der Waals surface area contributed by atoms with Crippen molar-refractivity contribution in [1.82, 2.24) is 10.3 Å². The normalized spacial score (nSPS) is 9.59. The van der Waals surface area contributed by atoms with Gasteiger partial charge in [0.2, 0.25) is 5.91 Å². The zero-order valence-corrected chi connectivity index (χ0v) is 9.78. The predicted octanol–water partition coefficient (Wildman–Crippen LogP) is 1.13. The summed E-state index contributed by atoms with van der Waals surface area (Å²) in [6.07, 6.45) is 9.58. The second-order valence-electron chi connectivity index (χ2n) is 3.77. The van der Waals surface area contributed by atoms with Crippen LogP contribution in [0.15, 0.2) is 18.3 Å². The summed E-state index contributed by atoms with van der Waals surface area (Å²) in [5.74, 6) is 2.54. The van der Waals surface area contributed by atoms with Crippen molar-refractivity contribution in [3.63, 3.8) is 0 Å². The van der Waals surface area contributed by atoms with Gasteiger partial charge in [0.15, 0.2) is 0 Å².